The Bertz CT molecular complexity index is 5100. The van der Waals surface area contributed by atoms with Crippen LogP contribution in [0.3, 0.4) is 0 Å². The van der Waals surface area contributed by atoms with Crippen LogP contribution in [0.1, 0.15) is 39.8 Å². The molecule has 6 heteroatoms. The minimum atomic E-state index is -0.924. The van der Waals surface area contributed by atoms with Crippen LogP contribution in [-0.4, -0.2) is 15.0 Å². The van der Waals surface area contributed by atoms with Crippen LogP contribution >= 0.6 is 22.7 Å². The first-order valence-corrected chi connectivity index (χ1v) is 18.2. The summed E-state index contributed by atoms with van der Waals surface area (Å²) in [6.45, 7) is 0. The molecule has 4 heterocycles. The van der Waals surface area contributed by atoms with Crippen molar-refractivity contribution >= 4 is 85.0 Å². The quantitative estimate of drug-likeness (QED) is 0.174. The van der Waals surface area contributed by atoms with Crippen molar-refractivity contribution in [2.45, 2.75) is 0 Å². The average molecular weight is 793 g/mol. The van der Waals surface area contributed by atoms with Gasteiger partial charge in [-0.2, -0.15) is 0 Å². The molecule has 0 amide bonds. The molecule has 0 bridgehead atoms. The summed E-state index contributed by atoms with van der Waals surface area (Å²) < 4.78 is 265. The molecule has 266 valence electrons. The maximum absolute atomic E-state index is 10.1. The van der Waals surface area contributed by atoms with Crippen LogP contribution in [0.5, 0.6) is 0 Å². The van der Waals surface area contributed by atoms with E-state index >= 15 is 0 Å². The minimum absolute atomic E-state index is 0.111. The maximum Gasteiger partial charge on any atom is 0.164 e. The Morgan fingerprint density at radius 3 is 1.63 bits per heavy atom. The third kappa shape index (κ3) is 5.30. The van der Waals surface area contributed by atoms with Gasteiger partial charge in [-0.05, 0) is 65.0 Å². The number of aromatic nitrogens is 3. The number of rotatable bonds is 5. The number of fused-ring (bicyclic) bond motifs is 9. The molecule has 0 saturated carbocycles. The second kappa shape index (κ2) is 12.8. The van der Waals surface area contributed by atoms with Gasteiger partial charge in [0, 0.05) is 73.4 Å². The number of thiophene rings is 2. The molecule has 0 unspecified atom stereocenters. The first kappa shape index (κ1) is 14.8. The predicted octanol–water partition coefficient (Wildman–Crippen LogP) is 14.8. The summed E-state index contributed by atoms with van der Waals surface area (Å²) in [6, 6.07) is -22.8. The Balaban J connectivity index is 1.19. The van der Waals surface area contributed by atoms with Gasteiger partial charge < -0.3 is 4.42 Å². The van der Waals surface area contributed by atoms with Crippen molar-refractivity contribution in [1.29, 1.82) is 0 Å². The number of hydrogen-bond donors (Lipinski definition) is 0. The summed E-state index contributed by atoms with van der Waals surface area (Å²) >= 11 is 1.31. The highest BCUT2D eigenvalue weighted by Crippen LogP contribution is 2.47. The van der Waals surface area contributed by atoms with Gasteiger partial charge >= 0.3 is 0 Å². The number of furan rings is 1. The third-order valence-electron chi connectivity index (χ3n) is 8.83. The van der Waals surface area contributed by atoms with Crippen LogP contribution in [0.25, 0.3) is 119 Å². The Kier molecular flexibility index (Phi) is 3.32. The van der Waals surface area contributed by atoms with Crippen molar-refractivity contribution in [1.82, 2.24) is 15.0 Å². The highest BCUT2D eigenvalue weighted by atomic mass is 32.1. The van der Waals surface area contributed by atoms with E-state index in [9.17, 15) is 12.3 Å². The van der Waals surface area contributed by atoms with Gasteiger partial charge in [0.2, 0.25) is 0 Å². The molecule has 12 rings (SSSR count). The molecule has 0 saturated heterocycles. The van der Waals surface area contributed by atoms with Crippen molar-refractivity contribution in [3.63, 3.8) is 0 Å². The Morgan fingerprint density at radius 1 is 0.368 bits per heavy atom. The van der Waals surface area contributed by atoms with E-state index in [0.29, 0.717) is 22.7 Å². The fraction of sp³-hybridized carbons (Fsp3) is 0. The van der Waals surface area contributed by atoms with Crippen LogP contribution < -0.4 is 0 Å². The smallest absolute Gasteiger partial charge is 0.164 e. The van der Waals surface area contributed by atoms with Gasteiger partial charge in [-0.25, -0.2) is 15.0 Å². The lowest BCUT2D eigenvalue weighted by Crippen LogP contribution is -2.00. The van der Waals surface area contributed by atoms with Gasteiger partial charge in [0.15, 0.2) is 17.5 Å². The van der Waals surface area contributed by atoms with Gasteiger partial charge in [-0.3, -0.25) is 0 Å². The molecule has 0 aliphatic rings. The second-order valence-corrected chi connectivity index (χ2v) is 14.1. The SMILES string of the molecule is [2H]c1c([2H])c([2H])c(-c2nc(-c3c([2H])c([2H])c([2H])c([2H])c3[2H])nc(-c3c([2H])c([2H])c4c(oc5c([2H])c(-c6c([2H])c(-c7c([2H])c([2H])c([2H])c8c7sc7c([2H])c([2H])c([2H])c([2H])c78)c7c(sc8c([2H])c([2H])c([2H])c([2H])c87)c6[2H])c([2H])c([2H])c54)c3[2H])n2)c([2H])c1[2H]. The van der Waals surface area contributed by atoms with Gasteiger partial charge in [-0.1, -0.05) is 127 Å². The fourth-order valence-electron chi connectivity index (χ4n) is 6.35. The van der Waals surface area contributed by atoms with E-state index in [4.69, 9.17) is 31.8 Å². The van der Waals surface area contributed by atoms with Crippen molar-refractivity contribution in [2.24, 2.45) is 0 Å². The summed E-state index contributed by atoms with van der Waals surface area (Å²) in [5, 5.41) is -1.96. The van der Waals surface area contributed by atoms with E-state index in [-0.39, 0.29) is 40.3 Å². The van der Waals surface area contributed by atoms with Crippen molar-refractivity contribution < 1.29 is 44.2 Å². The standard InChI is InChI=1S/C51H29N3OS2/c1-3-12-30(13-4-1)49-52-50(31-14-5-2-6-15-31)54-51(53-49)33-23-25-36-35-24-22-32(27-42(35)55-43(36)28-33)34-26-41(47-40-17-8-10-21-45(40)56-46(47)29-34)39-19-11-18-38-37-16-7-9-20-44(37)57-48(38)39/h1-29H/i1D,2D,3D,4D,5D,6D,7D,8D,9D,10D,11D,12D,13D,14D,15D,16D,17D,18D,19D,20D,21D,22D,23D,24D,25D,26D,27D,28D,29D. The molecular weight excluding hydrogens is 735 g/mol. The van der Waals surface area contributed by atoms with E-state index in [1.54, 1.807) is 0 Å². The minimum Gasteiger partial charge on any atom is -0.456 e. The zero-order valence-electron chi connectivity index (χ0n) is 57.1. The van der Waals surface area contributed by atoms with Crippen LogP contribution in [-0.2, 0) is 0 Å². The van der Waals surface area contributed by atoms with Crippen LogP contribution in [0.2, 0.25) is 0 Å². The van der Waals surface area contributed by atoms with Crippen molar-refractivity contribution in [3.8, 4) is 56.4 Å². The maximum atomic E-state index is 10.1. The van der Waals surface area contributed by atoms with Crippen LogP contribution in [0.15, 0.2) is 180 Å². The van der Waals surface area contributed by atoms with Crippen molar-refractivity contribution in [2.75, 3.05) is 0 Å². The first-order chi connectivity index (χ1) is 40.3. The third-order valence-corrected chi connectivity index (χ3v) is 11.0. The number of nitrogens with zero attached hydrogens (tertiary/aromatic N) is 3. The topological polar surface area (TPSA) is 51.8 Å². The zero-order valence-corrected chi connectivity index (χ0v) is 29.7. The molecule has 12 aromatic rings. The summed E-state index contributed by atoms with van der Waals surface area (Å²) in [5.41, 5.74) is -5.65. The number of benzene rings is 8. The highest BCUT2D eigenvalue weighted by molar-refractivity contribution is 7.26. The molecule has 0 fully saturated rings. The molecule has 57 heavy (non-hydrogen) atoms. The molecular formula is C51H29N3OS2. The molecule has 0 aliphatic carbocycles. The average Bonchev–Trinajstić information content (AvgIpc) is 1.49. The normalized spacial score (nSPS) is 19.0. The van der Waals surface area contributed by atoms with Gasteiger partial charge in [-0.15, -0.1) is 22.7 Å². The molecule has 0 atom stereocenters. The lowest BCUT2D eigenvalue weighted by Gasteiger charge is -2.11. The first-order valence-electron chi connectivity index (χ1n) is 31.1. The molecule has 8 aromatic carbocycles. The Labute approximate surface area is 375 Å². The van der Waals surface area contributed by atoms with E-state index in [2.05, 4.69) is 15.0 Å². The zero-order chi connectivity index (χ0) is 62.7. The van der Waals surface area contributed by atoms with E-state index in [1.165, 1.54) is 0 Å². The van der Waals surface area contributed by atoms with Crippen LogP contribution in [0.4, 0.5) is 0 Å². The summed E-state index contributed by atoms with van der Waals surface area (Å²) in [6.07, 6.45) is 0. The molecule has 4 aromatic heterocycles. The second-order valence-electron chi connectivity index (χ2n) is 12.1. The molecule has 0 radical (unpaired) electrons. The van der Waals surface area contributed by atoms with Crippen LogP contribution in [0, 0.1) is 0 Å². The fourth-order valence-corrected chi connectivity index (χ4v) is 8.45. The van der Waals surface area contributed by atoms with E-state index in [0.717, 1.165) is 0 Å². The number of hydrogen-bond acceptors (Lipinski definition) is 6. The molecule has 4 nitrogen and oxygen atoms in total. The van der Waals surface area contributed by atoms with Gasteiger partial charge in [0.1, 0.15) is 11.2 Å². The Hall–Kier alpha value is -6.99. The van der Waals surface area contributed by atoms with Crippen molar-refractivity contribution in [3.05, 3.63) is 175 Å². The lowest BCUT2D eigenvalue weighted by atomic mass is 9.93. The molecule has 0 spiro atoms. The lowest BCUT2D eigenvalue weighted by molar-refractivity contribution is 0.669. The summed E-state index contributed by atoms with van der Waals surface area (Å²) in [4.78, 5) is 12.8. The summed E-state index contributed by atoms with van der Waals surface area (Å²) in [7, 11) is 0. The van der Waals surface area contributed by atoms with Gasteiger partial charge in [0.05, 0.1) is 39.8 Å². The molecule has 0 aliphatic heterocycles. The van der Waals surface area contributed by atoms with E-state index < -0.39 is 254 Å². The van der Waals surface area contributed by atoms with Gasteiger partial charge in [0.25, 0.3) is 0 Å². The monoisotopic (exact) mass is 792 g/mol. The largest absolute Gasteiger partial charge is 0.456 e. The van der Waals surface area contributed by atoms with E-state index in [1.807, 2.05) is 0 Å². The predicted molar refractivity (Wildman–Crippen MR) is 240 cm³/mol. The molecule has 0 N–H and O–H groups in total. The highest BCUT2D eigenvalue weighted by Gasteiger charge is 2.19. The Morgan fingerprint density at radius 2 is 0.930 bits per heavy atom. The summed E-state index contributed by atoms with van der Waals surface area (Å²) in [5.74, 6) is -2.34.